The van der Waals surface area contributed by atoms with Crippen LogP contribution in [-0.4, -0.2) is 143 Å². The first-order valence-electron chi connectivity index (χ1n) is 21.5. The van der Waals surface area contributed by atoms with Crippen LogP contribution in [0.25, 0.3) is 0 Å². The predicted molar refractivity (Wildman–Crippen MR) is 224 cm³/mol. The molecule has 58 heavy (non-hydrogen) atoms. The fourth-order valence-corrected chi connectivity index (χ4v) is 10.2. The van der Waals surface area contributed by atoms with Gasteiger partial charge in [-0.2, -0.15) is 0 Å². The highest BCUT2D eigenvalue weighted by Gasteiger charge is 2.49. The summed E-state index contributed by atoms with van der Waals surface area (Å²) in [6, 6.07) is 6.71. The number of ether oxygens (including phenoxy) is 2. The summed E-state index contributed by atoms with van der Waals surface area (Å²) >= 11 is 0. The van der Waals surface area contributed by atoms with Gasteiger partial charge >= 0.3 is 5.97 Å². The van der Waals surface area contributed by atoms with Crippen molar-refractivity contribution in [3.8, 4) is 0 Å². The number of carboxylic acids is 1. The number of piperidine rings is 1. The normalized spacial score (nSPS) is 24.5. The highest BCUT2D eigenvalue weighted by molar-refractivity contribution is 5.91. The largest absolute Gasteiger partial charge is 0.480 e. The first-order chi connectivity index (χ1) is 27.3. The summed E-state index contributed by atoms with van der Waals surface area (Å²) in [6.45, 7) is 15.7. The molecule has 4 rings (SSSR count). The lowest BCUT2D eigenvalue weighted by Gasteiger charge is -2.44. The van der Waals surface area contributed by atoms with E-state index in [1.165, 1.54) is 12.0 Å². The van der Waals surface area contributed by atoms with Gasteiger partial charge < -0.3 is 34.6 Å². The minimum atomic E-state index is -1.11. The number of amides is 4. The fraction of sp³-hybridized carbons (Fsp3) is 0.756. The average molecular weight is 812 g/mol. The molecular weight excluding hydrogens is 739 g/mol. The Morgan fingerprint density at radius 1 is 0.966 bits per heavy atom. The Kier molecular flexibility index (Phi) is 16.4. The third-order valence-corrected chi connectivity index (χ3v) is 13.5. The quantitative estimate of drug-likeness (QED) is 0.200. The molecule has 1 aromatic rings. The number of likely N-dealkylation sites (N-methyl/N-ethyl adjacent to an activating group) is 2. The lowest BCUT2D eigenvalue weighted by molar-refractivity contribution is -0.161. The standard InChI is InChI=1S/C45H73N5O8/c1-13-28(4)38(48(10)43(54)37(27(2)3)46-41(52)39-31-21-22-32(25-31)47(39)9)35(57-11)26-36(51)49-23-17-20-33(49)40(58-12)29(5)42(53)50(45(6,7)8)34(44(55)56)24-30-18-15-14-16-19-30/h14-16,18-19,27-29,31-35,37-40H,13,17,20-26H2,1-12H3,(H,46,52)(H,55,56)/t28-,29+,31-,32+,33-,34-,35+,37-,38-,39-,40+/m0/s1. The van der Waals surface area contributed by atoms with Gasteiger partial charge in [-0.3, -0.25) is 24.1 Å². The van der Waals surface area contributed by atoms with Crippen molar-refractivity contribution in [2.75, 3.05) is 34.9 Å². The molecule has 2 heterocycles. The van der Waals surface area contributed by atoms with Crippen molar-refractivity contribution in [3.63, 3.8) is 0 Å². The van der Waals surface area contributed by atoms with Crippen LogP contribution < -0.4 is 5.32 Å². The molecule has 2 N–H and O–H groups in total. The van der Waals surface area contributed by atoms with Gasteiger partial charge in [0, 0.05) is 45.8 Å². The minimum absolute atomic E-state index is 0.000685. The van der Waals surface area contributed by atoms with Crippen LogP contribution in [0.2, 0.25) is 0 Å². The molecule has 1 aliphatic carbocycles. The van der Waals surface area contributed by atoms with E-state index in [4.69, 9.17) is 9.47 Å². The number of carboxylic acid groups (broad SMARTS) is 1. The summed E-state index contributed by atoms with van der Waals surface area (Å²) in [7, 11) is 6.85. The zero-order valence-corrected chi connectivity index (χ0v) is 37.3. The lowest BCUT2D eigenvalue weighted by atomic mass is 9.88. The summed E-state index contributed by atoms with van der Waals surface area (Å²) in [6.07, 6.45) is 4.00. The Hall–Kier alpha value is -3.55. The molecule has 13 nitrogen and oxygen atoms in total. The number of nitrogens with zero attached hydrogens (tertiary/aromatic N) is 4. The number of rotatable bonds is 19. The van der Waals surface area contributed by atoms with Crippen LogP contribution >= 0.6 is 0 Å². The first-order valence-corrected chi connectivity index (χ1v) is 21.5. The Labute approximate surface area is 347 Å². The highest BCUT2D eigenvalue weighted by atomic mass is 16.5. The third kappa shape index (κ3) is 10.4. The van der Waals surface area contributed by atoms with Gasteiger partial charge in [0.2, 0.25) is 23.6 Å². The zero-order chi connectivity index (χ0) is 43.2. The summed E-state index contributed by atoms with van der Waals surface area (Å²) in [5.74, 6) is -2.59. The molecule has 3 fully saturated rings. The van der Waals surface area contributed by atoms with Crippen LogP contribution in [0.4, 0.5) is 0 Å². The molecule has 0 aromatic heterocycles. The van der Waals surface area contributed by atoms with Crippen molar-refractivity contribution in [2.24, 2.45) is 23.7 Å². The Morgan fingerprint density at radius 2 is 1.62 bits per heavy atom. The first kappa shape index (κ1) is 47.1. The van der Waals surface area contributed by atoms with E-state index in [2.05, 4.69) is 10.2 Å². The number of aliphatic carboxylic acids is 1. The van der Waals surface area contributed by atoms with Gasteiger partial charge in [0.15, 0.2) is 0 Å². The van der Waals surface area contributed by atoms with Crippen LogP contribution in [-0.2, 0) is 39.9 Å². The number of fused-ring (bicyclic) bond motifs is 2. The molecular formula is C45H73N5O8. The van der Waals surface area contributed by atoms with Crippen molar-refractivity contribution in [2.45, 2.75) is 161 Å². The second-order valence-corrected chi connectivity index (χ2v) is 18.6. The van der Waals surface area contributed by atoms with Crippen LogP contribution in [0.3, 0.4) is 0 Å². The summed E-state index contributed by atoms with van der Waals surface area (Å²) in [5, 5.41) is 13.6. The molecule has 2 bridgehead atoms. The summed E-state index contributed by atoms with van der Waals surface area (Å²) in [4.78, 5) is 76.9. The van der Waals surface area contributed by atoms with E-state index in [-0.39, 0.29) is 54.3 Å². The molecule has 3 aliphatic rings. The van der Waals surface area contributed by atoms with Crippen LogP contribution in [0, 0.1) is 23.7 Å². The predicted octanol–water partition coefficient (Wildman–Crippen LogP) is 4.85. The Bertz CT molecular complexity index is 1570. The number of likely N-dealkylation sites (tertiary alicyclic amines) is 2. The number of carbonyl (C=O) groups is 5. The van der Waals surface area contributed by atoms with E-state index in [1.807, 2.05) is 85.8 Å². The fourth-order valence-electron chi connectivity index (χ4n) is 10.2. The van der Waals surface area contributed by atoms with E-state index in [0.717, 1.165) is 31.2 Å². The monoisotopic (exact) mass is 812 g/mol. The molecule has 2 saturated heterocycles. The molecule has 4 amide bonds. The molecule has 11 atom stereocenters. The minimum Gasteiger partial charge on any atom is -0.480 e. The molecule has 1 aromatic carbocycles. The maximum atomic E-state index is 14.5. The van der Waals surface area contributed by atoms with Crippen LogP contribution in [0.1, 0.15) is 106 Å². The van der Waals surface area contributed by atoms with Crippen molar-refractivity contribution in [1.82, 2.24) is 24.9 Å². The second-order valence-electron chi connectivity index (χ2n) is 18.6. The van der Waals surface area contributed by atoms with Gasteiger partial charge in [-0.25, -0.2) is 4.79 Å². The van der Waals surface area contributed by atoms with E-state index in [0.29, 0.717) is 31.3 Å². The van der Waals surface area contributed by atoms with Crippen molar-refractivity contribution < 1.29 is 38.6 Å². The molecule has 13 heteroatoms. The molecule has 0 radical (unpaired) electrons. The van der Waals surface area contributed by atoms with Crippen molar-refractivity contribution in [3.05, 3.63) is 35.9 Å². The molecule has 326 valence electrons. The summed E-state index contributed by atoms with van der Waals surface area (Å²) in [5.41, 5.74) is -0.0133. The van der Waals surface area contributed by atoms with Crippen molar-refractivity contribution >= 4 is 29.6 Å². The van der Waals surface area contributed by atoms with E-state index in [1.54, 1.807) is 30.9 Å². The maximum absolute atomic E-state index is 14.5. The van der Waals surface area contributed by atoms with Gasteiger partial charge in [0.05, 0.1) is 42.7 Å². The number of hydrogen-bond donors (Lipinski definition) is 2. The van der Waals surface area contributed by atoms with Gasteiger partial charge in [-0.05, 0) is 83.2 Å². The van der Waals surface area contributed by atoms with Gasteiger partial charge in [-0.1, -0.05) is 71.4 Å². The molecule has 0 spiro atoms. The lowest BCUT2D eigenvalue weighted by Crippen LogP contribution is -2.60. The number of hydrogen-bond acceptors (Lipinski definition) is 8. The van der Waals surface area contributed by atoms with E-state index in [9.17, 15) is 29.1 Å². The van der Waals surface area contributed by atoms with Gasteiger partial charge in [0.1, 0.15) is 12.1 Å². The second kappa shape index (κ2) is 20.1. The molecule has 0 unspecified atom stereocenters. The molecule has 2 aliphatic heterocycles. The van der Waals surface area contributed by atoms with Crippen LogP contribution in [0.15, 0.2) is 30.3 Å². The smallest absolute Gasteiger partial charge is 0.326 e. The average Bonchev–Trinajstić information content (AvgIpc) is 3.93. The third-order valence-electron chi connectivity index (χ3n) is 13.5. The number of methoxy groups -OCH3 is 2. The van der Waals surface area contributed by atoms with Crippen LogP contribution in [0.5, 0.6) is 0 Å². The topological polar surface area (TPSA) is 149 Å². The van der Waals surface area contributed by atoms with Gasteiger partial charge in [0.25, 0.3) is 0 Å². The SMILES string of the molecule is CC[C@H](C)[C@@H]([C@@H](CC(=O)N1CCC[C@H]1[C@H](OC)[C@@H](C)C(=O)N([C@@H](Cc1ccccc1)C(=O)O)C(C)(C)C)OC)N(C)C(=O)[C@@H](NC(=O)[C@@H]1[C@H]2CC[C@H](C2)N1C)C(C)C. The maximum Gasteiger partial charge on any atom is 0.326 e. The number of benzene rings is 1. The molecule has 1 saturated carbocycles. The van der Waals surface area contributed by atoms with E-state index < -0.39 is 53.8 Å². The zero-order valence-electron chi connectivity index (χ0n) is 37.3. The van der Waals surface area contributed by atoms with Crippen molar-refractivity contribution in [1.29, 1.82) is 0 Å². The highest BCUT2D eigenvalue weighted by Crippen LogP contribution is 2.41. The van der Waals surface area contributed by atoms with Gasteiger partial charge in [-0.15, -0.1) is 0 Å². The number of carbonyl (C=O) groups excluding carboxylic acids is 4. The number of nitrogens with one attached hydrogen (secondary N) is 1. The Morgan fingerprint density at radius 3 is 2.14 bits per heavy atom. The van der Waals surface area contributed by atoms with E-state index >= 15 is 0 Å². The summed E-state index contributed by atoms with van der Waals surface area (Å²) < 4.78 is 12.1. The Balaban J connectivity index is 1.53.